The first-order chi connectivity index (χ1) is 8.05. The topological polar surface area (TPSA) is 74.4 Å². The molecule has 96 valence electrons. The minimum absolute atomic E-state index is 0.258. The Morgan fingerprint density at radius 3 is 2.53 bits per heavy atom. The van der Waals surface area contributed by atoms with Gasteiger partial charge in [0.05, 0.1) is 18.2 Å². The van der Waals surface area contributed by atoms with E-state index in [4.69, 9.17) is 26.4 Å². The lowest BCUT2D eigenvalue weighted by Crippen LogP contribution is -2.15. The van der Waals surface area contributed by atoms with Gasteiger partial charge in [0, 0.05) is 18.0 Å². The maximum absolute atomic E-state index is 12.4. The molecule has 2 N–H and O–H groups in total. The predicted molar refractivity (Wildman–Crippen MR) is 67.0 cm³/mol. The van der Waals surface area contributed by atoms with Crippen molar-refractivity contribution in [3.8, 4) is 0 Å². The Labute approximate surface area is 106 Å². The molecule has 1 rings (SSSR count). The third kappa shape index (κ3) is 3.50. The smallest absolute Gasteiger partial charge is 0.314 e. The van der Waals surface area contributed by atoms with Gasteiger partial charge >= 0.3 is 7.60 Å². The maximum atomic E-state index is 12.4. The summed E-state index contributed by atoms with van der Waals surface area (Å²) in [5.41, 5.74) is 6.43. The molecule has 0 fully saturated rings. The molecule has 0 spiro atoms. The maximum Gasteiger partial charge on any atom is 0.351 e. The fourth-order valence-corrected chi connectivity index (χ4v) is 3.35. The van der Waals surface area contributed by atoms with Gasteiger partial charge in [-0.15, -0.1) is 0 Å². The van der Waals surface area contributed by atoms with Gasteiger partial charge in [-0.05, 0) is 19.9 Å². The third-order valence-electron chi connectivity index (χ3n) is 2.08. The highest BCUT2D eigenvalue weighted by Crippen LogP contribution is 2.58. The van der Waals surface area contributed by atoms with E-state index in [-0.39, 0.29) is 13.2 Å². The first-order valence-corrected chi connectivity index (χ1v) is 7.28. The van der Waals surface area contributed by atoms with Crippen LogP contribution in [0.4, 0.5) is 0 Å². The van der Waals surface area contributed by atoms with Crippen molar-refractivity contribution < 1.29 is 13.6 Å². The molecule has 0 saturated carbocycles. The van der Waals surface area contributed by atoms with Crippen LogP contribution in [-0.4, -0.2) is 18.2 Å². The minimum atomic E-state index is -3.39. The number of nitrogens with two attached hydrogens (primary N) is 1. The van der Waals surface area contributed by atoms with E-state index in [1.807, 2.05) is 0 Å². The van der Waals surface area contributed by atoms with Crippen molar-refractivity contribution in [2.45, 2.75) is 19.6 Å². The molecular weight excluding hydrogens is 263 g/mol. The van der Waals surface area contributed by atoms with Crippen molar-refractivity contribution in [2.75, 3.05) is 13.2 Å². The summed E-state index contributed by atoms with van der Waals surface area (Å²) in [5.74, 6) is -0.905. The Morgan fingerprint density at radius 1 is 1.47 bits per heavy atom. The van der Waals surface area contributed by atoms with Crippen LogP contribution in [0.25, 0.3) is 0 Å². The summed E-state index contributed by atoms with van der Waals surface area (Å²) in [5, 5.41) is 0.347. The number of halogens is 1. The number of rotatable bonds is 6. The highest BCUT2D eigenvalue weighted by atomic mass is 35.5. The zero-order valence-electron chi connectivity index (χ0n) is 9.80. The lowest BCUT2D eigenvalue weighted by atomic mass is 10.3. The van der Waals surface area contributed by atoms with E-state index < -0.39 is 13.4 Å². The van der Waals surface area contributed by atoms with E-state index in [2.05, 4.69) is 4.98 Å². The summed E-state index contributed by atoms with van der Waals surface area (Å²) in [6, 6.07) is 1.61. The van der Waals surface area contributed by atoms with E-state index in [0.717, 1.165) is 0 Å². The summed E-state index contributed by atoms with van der Waals surface area (Å²) in [7, 11) is -3.39. The fourth-order valence-electron chi connectivity index (χ4n) is 1.35. The molecule has 1 aromatic heterocycles. The summed E-state index contributed by atoms with van der Waals surface area (Å²) < 4.78 is 22.8. The van der Waals surface area contributed by atoms with Gasteiger partial charge in [0.1, 0.15) is 5.78 Å². The van der Waals surface area contributed by atoms with Crippen molar-refractivity contribution in [1.29, 1.82) is 0 Å². The molecule has 0 aliphatic carbocycles. The van der Waals surface area contributed by atoms with Gasteiger partial charge in [0.2, 0.25) is 0 Å². The number of hydrogen-bond acceptors (Lipinski definition) is 5. The SMILES string of the molecule is CCOP(=O)(OCC)[C@H](N)c1ccncc1Cl. The molecule has 0 aliphatic heterocycles. The monoisotopic (exact) mass is 278 g/mol. The molecule has 7 heteroatoms. The molecule has 0 amide bonds. The quantitative estimate of drug-likeness (QED) is 0.810. The fraction of sp³-hybridized carbons (Fsp3) is 0.500. The molecule has 17 heavy (non-hydrogen) atoms. The molecule has 0 radical (unpaired) electrons. The molecule has 1 heterocycles. The second-order valence-electron chi connectivity index (χ2n) is 3.22. The lowest BCUT2D eigenvalue weighted by molar-refractivity contribution is 0.212. The number of pyridine rings is 1. The standard InChI is InChI=1S/C10H16ClN2O3P/c1-3-15-17(14,16-4-2)10(12)8-5-6-13-7-9(8)11/h5-7,10H,3-4,12H2,1-2H3/t10-/m0/s1. The third-order valence-corrected chi connectivity index (χ3v) is 4.59. The Balaban J connectivity index is 3.04. The van der Waals surface area contributed by atoms with Crippen LogP contribution in [0.3, 0.4) is 0 Å². The molecule has 0 saturated heterocycles. The first-order valence-electron chi connectivity index (χ1n) is 5.29. The van der Waals surface area contributed by atoms with E-state index in [9.17, 15) is 4.57 Å². The Morgan fingerprint density at radius 2 is 2.06 bits per heavy atom. The van der Waals surface area contributed by atoms with Crippen molar-refractivity contribution in [3.05, 3.63) is 29.0 Å². The summed E-state index contributed by atoms with van der Waals surface area (Å²) in [6.45, 7) is 3.97. The average Bonchev–Trinajstić information content (AvgIpc) is 2.29. The summed E-state index contributed by atoms with van der Waals surface area (Å²) >= 11 is 5.95. The molecule has 1 atom stereocenters. The second-order valence-corrected chi connectivity index (χ2v) is 5.78. The number of nitrogens with zero attached hydrogens (tertiary/aromatic N) is 1. The van der Waals surface area contributed by atoms with E-state index in [1.165, 1.54) is 12.4 Å². The summed E-state index contributed by atoms with van der Waals surface area (Å²) in [6.07, 6.45) is 2.97. The van der Waals surface area contributed by atoms with Gasteiger partial charge < -0.3 is 14.8 Å². The molecule has 0 aromatic carbocycles. The normalized spacial score (nSPS) is 13.6. The molecule has 0 aliphatic rings. The predicted octanol–water partition coefficient (Wildman–Crippen LogP) is 2.96. The zero-order valence-corrected chi connectivity index (χ0v) is 11.4. The molecule has 0 unspecified atom stereocenters. The second kappa shape index (κ2) is 6.47. The van der Waals surface area contributed by atoms with Gasteiger partial charge in [0.15, 0.2) is 0 Å². The molecule has 1 aromatic rings. The lowest BCUT2D eigenvalue weighted by Gasteiger charge is -2.23. The van der Waals surface area contributed by atoms with Gasteiger partial charge in [0.25, 0.3) is 0 Å². The minimum Gasteiger partial charge on any atom is -0.314 e. The highest BCUT2D eigenvalue weighted by molar-refractivity contribution is 7.54. The largest absolute Gasteiger partial charge is 0.351 e. The zero-order chi connectivity index (χ0) is 12.9. The van der Waals surface area contributed by atoms with Crippen LogP contribution >= 0.6 is 19.2 Å². The Kier molecular flexibility index (Phi) is 5.56. The molecular formula is C10H16ClN2O3P. The molecule has 0 bridgehead atoms. The number of hydrogen-bond donors (Lipinski definition) is 1. The van der Waals surface area contributed by atoms with Crippen molar-refractivity contribution in [3.63, 3.8) is 0 Å². The Bertz CT molecular complexity index is 406. The van der Waals surface area contributed by atoms with E-state index in [0.29, 0.717) is 10.6 Å². The van der Waals surface area contributed by atoms with E-state index >= 15 is 0 Å². The number of aromatic nitrogens is 1. The van der Waals surface area contributed by atoms with Crippen LogP contribution in [0.15, 0.2) is 18.5 Å². The van der Waals surface area contributed by atoms with Gasteiger partial charge in [-0.25, -0.2) is 0 Å². The van der Waals surface area contributed by atoms with Crippen LogP contribution in [0, 0.1) is 0 Å². The van der Waals surface area contributed by atoms with E-state index in [1.54, 1.807) is 19.9 Å². The van der Waals surface area contributed by atoms with Crippen LogP contribution in [0.5, 0.6) is 0 Å². The van der Waals surface area contributed by atoms with Crippen LogP contribution in [0.2, 0.25) is 5.02 Å². The Hall–Kier alpha value is -0.450. The highest BCUT2D eigenvalue weighted by Gasteiger charge is 2.35. The van der Waals surface area contributed by atoms with Gasteiger partial charge in [-0.2, -0.15) is 0 Å². The van der Waals surface area contributed by atoms with Crippen LogP contribution < -0.4 is 5.73 Å². The van der Waals surface area contributed by atoms with Gasteiger partial charge in [-0.3, -0.25) is 9.55 Å². The van der Waals surface area contributed by atoms with Crippen LogP contribution in [0.1, 0.15) is 25.2 Å². The van der Waals surface area contributed by atoms with Crippen molar-refractivity contribution in [1.82, 2.24) is 4.98 Å². The van der Waals surface area contributed by atoms with Crippen molar-refractivity contribution in [2.24, 2.45) is 5.73 Å². The van der Waals surface area contributed by atoms with Crippen molar-refractivity contribution >= 4 is 19.2 Å². The molecule has 5 nitrogen and oxygen atoms in total. The first kappa shape index (κ1) is 14.6. The van der Waals surface area contributed by atoms with Crippen LogP contribution in [-0.2, 0) is 13.6 Å². The average molecular weight is 279 g/mol. The van der Waals surface area contributed by atoms with Gasteiger partial charge in [-0.1, -0.05) is 11.6 Å². The summed E-state index contributed by atoms with van der Waals surface area (Å²) in [4.78, 5) is 3.84.